The minimum absolute atomic E-state index is 0.558. The molecule has 0 saturated carbocycles. The molecule has 2 heterocycles. The highest BCUT2D eigenvalue weighted by atomic mass is 32.1. The van der Waals surface area contributed by atoms with E-state index in [1.54, 1.807) is 11.3 Å². The highest BCUT2D eigenvalue weighted by molar-refractivity contribution is 7.22. The number of para-hydroxylation sites is 2. The van der Waals surface area contributed by atoms with Crippen molar-refractivity contribution in [3.05, 3.63) is 78.9 Å². The number of piperazine rings is 1. The van der Waals surface area contributed by atoms with Gasteiger partial charge in [0, 0.05) is 69.3 Å². The molecule has 0 amide bonds. The van der Waals surface area contributed by atoms with Crippen LogP contribution < -0.4 is 10.2 Å². The predicted molar refractivity (Wildman–Crippen MR) is 152 cm³/mol. The molecule has 0 spiro atoms. The van der Waals surface area contributed by atoms with Crippen LogP contribution in [-0.2, 0) is 19.2 Å². The van der Waals surface area contributed by atoms with Crippen LogP contribution in [0.25, 0.3) is 10.2 Å². The molecule has 4 rings (SSSR count). The smallest absolute Gasteiger partial charge is 0.328 e. The summed E-state index contributed by atoms with van der Waals surface area (Å²) >= 11 is 1.73. The van der Waals surface area contributed by atoms with Gasteiger partial charge >= 0.3 is 23.9 Å². The van der Waals surface area contributed by atoms with E-state index in [0.29, 0.717) is 24.3 Å². The zero-order chi connectivity index (χ0) is 29.3. The fourth-order valence-electron chi connectivity index (χ4n) is 3.42. The van der Waals surface area contributed by atoms with Gasteiger partial charge in [0.25, 0.3) is 0 Å². The number of fused-ring (bicyclic) bond motifs is 1. The maximum Gasteiger partial charge on any atom is 0.328 e. The Morgan fingerprint density at radius 3 is 1.75 bits per heavy atom. The first-order valence-electron chi connectivity index (χ1n) is 12.0. The number of carbonyl (C=O) groups is 4. The summed E-state index contributed by atoms with van der Waals surface area (Å²) in [6.07, 6.45) is 2.23. The Morgan fingerprint density at radius 2 is 1.25 bits per heavy atom. The molecule has 1 aliphatic rings. The van der Waals surface area contributed by atoms with Gasteiger partial charge in [-0.25, -0.2) is 24.2 Å². The van der Waals surface area contributed by atoms with Crippen molar-refractivity contribution in [3.8, 4) is 0 Å². The van der Waals surface area contributed by atoms with E-state index in [0.717, 1.165) is 49.9 Å². The first kappa shape index (κ1) is 31.5. The molecule has 5 N–H and O–H groups in total. The first-order valence-corrected chi connectivity index (χ1v) is 12.9. The fourth-order valence-corrected chi connectivity index (χ4v) is 4.31. The van der Waals surface area contributed by atoms with Gasteiger partial charge in [-0.3, -0.25) is 4.90 Å². The minimum Gasteiger partial charge on any atom is -0.478 e. The standard InChI is InChI=1S/C19H22N4S.2C4H4O4/c1-2-6-16(7-3-1)23-14-12-22(13-15-23)11-10-20-19-21-17-8-4-5-9-18(17)24-19;2*5-3(6)1-2-4(7)8/h1-9H,10-15H2,(H,20,21);2*1-2H,(H,5,6)(H,7,8)/b;2*2-1+. The van der Waals surface area contributed by atoms with Crippen molar-refractivity contribution in [3.63, 3.8) is 0 Å². The Balaban J connectivity index is 0.000000290. The molecule has 0 atom stereocenters. The van der Waals surface area contributed by atoms with Crippen molar-refractivity contribution in [2.45, 2.75) is 0 Å². The third-order valence-electron chi connectivity index (χ3n) is 5.23. The van der Waals surface area contributed by atoms with Gasteiger partial charge in [0.15, 0.2) is 5.13 Å². The molecule has 40 heavy (non-hydrogen) atoms. The van der Waals surface area contributed by atoms with Gasteiger partial charge in [0.2, 0.25) is 0 Å². The summed E-state index contributed by atoms with van der Waals surface area (Å²) in [4.78, 5) is 47.8. The van der Waals surface area contributed by atoms with Gasteiger partial charge in [0.1, 0.15) is 0 Å². The largest absolute Gasteiger partial charge is 0.478 e. The average Bonchev–Trinajstić information content (AvgIpc) is 3.35. The summed E-state index contributed by atoms with van der Waals surface area (Å²) in [5, 5.41) is 35.8. The van der Waals surface area contributed by atoms with E-state index < -0.39 is 23.9 Å². The van der Waals surface area contributed by atoms with Gasteiger partial charge in [-0.1, -0.05) is 41.7 Å². The van der Waals surface area contributed by atoms with Crippen LogP contribution in [-0.4, -0.2) is 93.5 Å². The van der Waals surface area contributed by atoms with Crippen LogP contribution in [0.15, 0.2) is 78.9 Å². The third-order valence-corrected chi connectivity index (χ3v) is 6.22. The van der Waals surface area contributed by atoms with Gasteiger partial charge in [0.05, 0.1) is 10.2 Å². The number of rotatable bonds is 9. The normalized spacial score (nSPS) is 13.2. The van der Waals surface area contributed by atoms with Crippen LogP contribution in [0.3, 0.4) is 0 Å². The van der Waals surface area contributed by atoms with E-state index in [1.165, 1.54) is 10.4 Å². The van der Waals surface area contributed by atoms with E-state index >= 15 is 0 Å². The summed E-state index contributed by atoms with van der Waals surface area (Å²) in [7, 11) is 0. The van der Waals surface area contributed by atoms with E-state index in [4.69, 9.17) is 20.4 Å². The maximum atomic E-state index is 9.55. The lowest BCUT2D eigenvalue weighted by molar-refractivity contribution is -0.134. The second kappa shape index (κ2) is 17.0. The molecular weight excluding hydrogens is 540 g/mol. The molecule has 13 heteroatoms. The number of anilines is 2. The van der Waals surface area contributed by atoms with Crippen molar-refractivity contribution in [1.82, 2.24) is 9.88 Å². The lowest BCUT2D eigenvalue weighted by atomic mass is 10.2. The van der Waals surface area contributed by atoms with E-state index in [1.807, 2.05) is 6.07 Å². The van der Waals surface area contributed by atoms with Crippen molar-refractivity contribution in [2.75, 3.05) is 49.5 Å². The van der Waals surface area contributed by atoms with Crippen molar-refractivity contribution < 1.29 is 39.6 Å². The number of hydrogen-bond donors (Lipinski definition) is 5. The number of nitrogens with one attached hydrogen (secondary N) is 1. The highest BCUT2D eigenvalue weighted by Crippen LogP contribution is 2.25. The number of benzene rings is 2. The summed E-state index contributed by atoms with van der Waals surface area (Å²) in [6.45, 7) is 6.47. The number of aromatic nitrogens is 1. The molecule has 212 valence electrons. The number of carboxylic acids is 4. The minimum atomic E-state index is -1.26. The molecular formula is C27H30N4O8S. The van der Waals surface area contributed by atoms with E-state index in [9.17, 15) is 19.2 Å². The highest BCUT2D eigenvalue weighted by Gasteiger charge is 2.16. The number of carboxylic acid groups (broad SMARTS) is 4. The lowest BCUT2D eigenvalue weighted by Gasteiger charge is -2.36. The zero-order valence-corrected chi connectivity index (χ0v) is 22.2. The molecule has 0 radical (unpaired) electrons. The predicted octanol–water partition coefficient (Wildman–Crippen LogP) is 2.95. The van der Waals surface area contributed by atoms with Crippen LogP contribution in [0.1, 0.15) is 0 Å². The Bertz CT molecular complexity index is 1220. The number of nitrogens with zero attached hydrogens (tertiary/aromatic N) is 3. The molecule has 0 aliphatic carbocycles. The molecule has 3 aromatic rings. The third kappa shape index (κ3) is 12.7. The van der Waals surface area contributed by atoms with E-state index in [2.05, 4.69) is 68.6 Å². The molecule has 1 saturated heterocycles. The first-order chi connectivity index (χ1) is 19.1. The van der Waals surface area contributed by atoms with Gasteiger partial charge in [-0.2, -0.15) is 0 Å². The Hall–Kier alpha value is -4.75. The molecule has 1 aromatic heterocycles. The molecule has 0 unspecified atom stereocenters. The van der Waals surface area contributed by atoms with Crippen molar-refractivity contribution in [2.24, 2.45) is 0 Å². The van der Waals surface area contributed by atoms with Crippen LogP contribution in [0.5, 0.6) is 0 Å². The van der Waals surface area contributed by atoms with Gasteiger partial charge < -0.3 is 30.6 Å². The average molecular weight is 571 g/mol. The molecule has 1 aliphatic heterocycles. The zero-order valence-electron chi connectivity index (χ0n) is 21.4. The second-order valence-corrected chi connectivity index (χ2v) is 9.13. The quantitative estimate of drug-likeness (QED) is 0.238. The van der Waals surface area contributed by atoms with Gasteiger partial charge in [-0.15, -0.1) is 0 Å². The van der Waals surface area contributed by atoms with Crippen molar-refractivity contribution in [1.29, 1.82) is 0 Å². The maximum absolute atomic E-state index is 9.55. The SMILES string of the molecule is O=C(O)/C=C/C(=O)O.O=C(O)/C=C/C(=O)O.c1ccc(N2CCN(CCNc3nc4ccccc4s3)CC2)cc1. The Kier molecular flexibility index (Phi) is 13.3. The molecule has 0 bridgehead atoms. The summed E-state index contributed by atoms with van der Waals surface area (Å²) in [6, 6.07) is 19.0. The van der Waals surface area contributed by atoms with Crippen LogP contribution in [0.2, 0.25) is 0 Å². The number of aliphatic carboxylic acids is 4. The monoisotopic (exact) mass is 570 g/mol. The van der Waals surface area contributed by atoms with Crippen LogP contribution >= 0.6 is 11.3 Å². The Labute approximate surface area is 234 Å². The van der Waals surface area contributed by atoms with Crippen LogP contribution in [0.4, 0.5) is 10.8 Å². The van der Waals surface area contributed by atoms with Crippen molar-refractivity contribution >= 4 is 56.2 Å². The fraction of sp³-hybridized carbons (Fsp3) is 0.222. The second-order valence-electron chi connectivity index (χ2n) is 8.10. The summed E-state index contributed by atoms with van der Waals surface area (Å²) in [5.74, 6) is -5.03. The topological polar surface area (TPSA) is 181 Å². The lowest BCUT2D eigenvalue weighted by Crippen LogP contribution is -2.47. The van der Waals surface area contributed by atoms with Crippen LogP contribution in [0, 0.1) is 0 Å². The molecule has 1 fully saturated rings. The Morgan fingerprint density at radius 1 is 0.750 bits per heavy atom. The van der Waals surface area contributed by atoms with Gasteiger partial charge in [-0.05, 0) is 24.3 Å². The van der Waals surface area contributed by atoms with E-state index in [-0.39, 0.29) is 0 Å². The number of hydrogen-bond acceptors (Lipinski definition) is 9. The summed E-state index contributed by atoms with van der Waals surface area (Å²) in [5.41, 5.74) is 2.42. The number of thiazole rings is 1. The molecule has 2 aromatic carbocycles. The summed E-state index contributed by atoms with van der Waals surface area (Å²) < 4.78 is 1.25. The molecule has 12 nitrogen and oxygen atoms in total.